The molecular formula is C16H23N3O. The fraction of sp³-hybridized carbons (Fsp3) is 0.438. The Morgan fingerprint density at radius 1 is 1.20 bits per heavy atom. The van der Waals surface area contributed by atoms with Gasteiger partial charge in [0.1, 0.15) is 23.1 Å². The van der Waals surface area contributed by atoms with Crippen molar-refractivity contribution in [3.05, 3.63) is 30.1 Å². The fourth-order valence-electron chi connectivity index (χ4n) is 2.27. The van der Waals surface area contributed by atoms with Crippen molar-refractivity contribution in [1.82, 2.24) is 9.55 Å². The van der Waals surface area contributed by atoms with Gasteiger partial charge in [-0.1, -0.05) is 13.3 Å². The lowest BCUT2D eigenvalue weighted by atomic mass is 10.1. The van der Waals surface area contributed by atoms with Crippen LogP contribution in [0, 0.1) is 6.92 Å². The average Bonchev–Trinajstić information content (AvgIpc) is 2.73. The molecule has 0 amide bonds. The van der Waals surface area contributed by atoms with Crippen LogP contribution in [-0.4, -0.2) is 16.2 Å². The van der Waals surface area contributed by atoms with Gasteiger partial charge in [0.15, 0.2) is 0 Å². The van der Waals surface area contributed by atoms with Crippen LogP contribution >= 0.6 is 0 Å². The lowest BCUT2D eigenvalue weighted by molar-refractivity contribution is 0.340. The van der Waals surface area contributed by atoms with Crippen LogP contribution in [0.25, 0.3) is 11.3 Å². The van der Waals surface area contributed by atoms with E-state index >= 15 is 0 Å². The van der Waals surface area contributed by atoms with Crippen molar-refractivity contribution < 1.29 is 4.74 Å². The zero-order valence-corrected chi connectivity index (χ0v) is 12.5. The smallest absolute Gasteiger partial charge is 0.131 e. The molecule has 0 spiro atoms. The van der Waals surface area contributed by atoms with E-state index in [2.05, 4.69) is 16.5 Å². The Kier molecular flexibility index (Phi) is 4.66. The Bertz CT molecular complexity index is 558. The molecule has 0 fully saturated rings. The highest BCUT2D eigenvalue weighted by molar-refractivity contribution is 5.71. The highest BCUT2D eigenvalue weighted by atomic mass is 16.5. The maximum atomic E-state index is 6.24. The third-order valence-electron chi connectivity index (χ3n) is 3.37. The standard InChI is InChI=1S/C16H23N3O/c1-4-6-11-19-12(3)18-15(16(19)17)13-7-9-14(10-8-13)20-5-2/h7-10H,4-6,11,17H2,1-3H3. The maximum Gasteiger partial charge on any atom is 0.131 e. The molecule has 0 aliphatic heterocycles. The molecule has 108 valence electrons. The number of anilines is 1. The monoisotopic (exact) mass is 273 g/mol. The number of nitrogens with two attached hydrogens (primary N) is 1. The van der Waals surface area contributed by atoms with E-state index in [1.54, 1.807) is 0 Å². The van der Waals surface area contributed by atoms with E-state index in [4.69, 9.17) is 10.5 Å². The Labute approximate surface area is 120 Å². The minimum absolute atomic E-state index is 0.673. The summed E-state index contributed by atoms with van der Waals surface area (Å²) in [5.74, 6) is 2.59. The number of nitrogens with zero attached hydrogens (tertiary/aromatic N) is 2. The molecular weight excluding hydrogens is 250 g/mol. The van der Waals surface area contributed by atoms with Gasteiger partial charge in [-0.25, -0.2) is 4.98 Å². The van der Waals surface area contributed by atoms with Gasteiger partial charge in [0.05, 0.1) is 6.61 Å². The van der Waals surface area contributed by atoms with E-state index in [0.29, 0.717) is 6.61 Å². The van der Waals surface area contributed by atoms with E-state index in [9.17, 15) is 0 Å². The number of rotatable bonds is 6. The second-order valence-electron chi connectivity index (χ2n) is 4.86. The molecule has 1 aromatic heterocycles. The van der Waals surface area contributed by atoms with Crippen LogP contribution in [0.2, 0.25) is 0 Å². The third kappa shape index (κ3) is 2.95. The largest absolute Gasteiger partial charge is 0.494 e. The molecule has 0 saturated heterocycles. The molecule has 2 N–H and O–H groups in total. The molecule has 1 heterocycles. The first-order valence-corrected chi connectivity index (χ1v) is 7.23. The summed E-state index contributed by atoms with van der Waals surface area (Å²) in [7, 11) is 0. The minimum Gasteiger partial charge on any atom is -0.494 e. The second-order valence-corrected chi connectivity index (χ2v) is 4.86. The van der Waals surface area contributed by atoms with Gasteiger partial charge in [-0.15, -0.1) is 0 Å². The molecule has 2 aromatic rings. The fourth-order valence-corrected chi connectivity index (χ4v) is 2.27. The van der Waals surface area contributed by atoms with Crippen LogP contribution in [0.5, 0.6) is 5.75 Å². The van der Waals surface area contributed by atoms with Crippen molar-refractivity contribution in [2.45, 2.75) is 40.2 Å². The van der Waals surface area contributed by atoms with E-state index in [1.807, 2.05) is 38.1 Å². The summed E-state index contributed by atoms with van der Waals surface area (Å²) >= 11 is 0. The van der Waals surface area contributed by atoms with Crippen LogP contribution < -0.4 is 10.5 Å². The SMILES string of the molecule is CCCCn1c(C)nc(-c2ccc(OCC)cc2)c1N. The van der Waals surface area contributed by atoms with Crippen LogP contribution in [0.4, 0.5) is 5.82 Å². The molecule has 0 unspecified atom stereocenters. The first-order valence-electron chi connectivity index (χ1n) is 7.23. The number of aryl methyl sites for hydroxylation is 1. The van der Waals surface area contributed by atoms with Crippen LogP contribution in [0.15, 0.2) is 24.3 Å². The van der Waals surface area contributed by atoms with Gasteiger partial charge in [-0.05, 0) is 44.5 Å². The Hall–Kier alpha value is -1.97. The molecule has 0 atom stereocenters. The number of benzene rings is 1. The molecule has 4 nitrogen and oxygen atoms in total. The zero-order valence-electron chi connectivity index (χ0n) is 12.5. The molecule has 0 saturated carbocycles. The Morgan fingerprint density at radius 3 is 2.50 bits per heavy atom. The summed E-state index contributed by atoms with van der Waals surface area (Å²) < 4.78 is 7.54. The quantitative estimate of drug-likeness (QED) is 0.874. The van der Waals surface area contributed by atoms with Crippen molar-refractivity contribution in [3.8, 4) is 17.0 Å². The number of unbranched alkanes of at least 4 members (excludes halogenated alkanes) is 1. The van der Waals surface area contributed by atoms with Gasteiger partial charge >= 0.3 is 0 Å². The first kappa shape index (κ1) is 14.4. The van der Waals surface area contributed by atoms with Crippen molar-refractivity contribution >= 4 is 5.82 Å². The summed E-state index contributed by atoms with van der Waals surface area (Å²) in [5, 5.41) is 0. The summed E-state index contributed by atoms with van der Waals surface area (Å²) in [5.41, 5.74) is 8.14. The van der Waals surface area contributed by atoms with E-state index in [1.165, 1.54) is 0 Å². The number of imidazole rings is 1. The Balaban J connectivity index is 2.28. The summed E-state index contributed by atoms with van der Waals surface area (Å²) in [6.07, 6.45) is 2.26. The predicted molar refractivity (Wildman–Crippen MR) is 82.9 cm³/mol. The number of nitrogen functional groups attached to an aromatic ring is 1. The van der Waals surface area contributed by atoms with Gasteiger partial charge in [0.25, 0.3) is 0 Å². The molecule has 0 aliphatic carbocycles. The highest BCUT2D eigenvalue weighted by Crippen LogP contribution is 2.28. The average molecular weight is 273 g/mol. The number of ether oxygens (including phenoxy) is 1. The summed E-state index contributed by atoms with van der Waals surface area (Å²) in [6, 6.07) is 7.93. The predicted octanol–water partition coefficient (Wildman–Crippen LogP) is 3.64. The molecule has 0 bridgehead atoms. The normalized spacial score (nSPS) is 10.8. The Morgan fingerprint density at radius 2 is 1.90 bits per heavy atom. The first-order chi connectivity index (χ1) is 9.67. The number of hydrogen-bond acceptors (Lipinski definition) is 3. The van der Waals surface area contributed by atoms with Crippen molar-refractivity contribution in [1.29, 1.82) is 0 Å². The topological polar surface area (TPSA) is 53.1 Å². The third-order valence-corrected chi connectivity index (χ3v) is 3.37. The lowest BCUT2D eigenvalue weighted by Gasteiger charge is -2.07. The molecule has 0 radical (unpaired) electrons. The van der Waals surface area contributed by atoms with Gasteiger partial charge in [0, 0.05) is 12.1 Å². The van der Waals surface area contributed by atoms with Crippen LogP contribution in [0.3, 0.4) is 0 Å². The molecule has 4 heteroatoms. The van der Waals surface area contributed by atoms with E-state index in [0.717, 1.165) is 48.0 Å². The lowest BCUT2D eigenvalue weighted by Crippen LogP contribution is -2.04. The van der Waals surface area contributed by atoms with Gasteiger partial charge in [-0.3, -0.25) is 0 Å². The minimum atomic E-state index is 0.673. The van der Waals surface area contributed by atoms with Crippen LogP contribution in [-0.2, 0) is 6.54 Å². The van der Waals surface area contributed by atoms with E-state index in [-0.39, 0.29) is 0 Å². The highest BCUT2D eigenvalue weighted by Gasteiger charge is 2.13. The molecule has 20 heavy (non-hydrogen) atoms. The van der Waals surface area contributed by atoms with Gasteiger partial charge in [0.2, 0.25) is 0 Å². The molecule has 1 aromatic carbocycles. The second kappa shape index (κ2) is 6.46. The van der Waals surface area contributed by atoms with Crippen LogP contribution in [0.1, 0.15) is 32.5 Å². The van der Waals surface area contributed by atoms with E-state index < -0.39 is 0 Å². The summed E-state index contributed by atoms with van der Waals surface area (Å²) in [4.78, 5) is 4.61. The zero-order chi connectivity index (χ0) is 14.5. The van der Waals surface area contributed by atoms with Crippen molar-refractivity contribution in [2.24, 2.45) is 0 Å². The molecule has 2 rings (SSSR count). The molecule has 0 aliphatic rings. The number of aromatic nitrogens is 2. The van der Waals surface area contributed by atoms with Gasteiger partial charge < -0.3 is 15.0 Å². The van der Waals surface area contributed by atoms with Gasteiger partial charge in [-0.2, -0.15) is 0 Å². The van der Waals surface area contributed by atoms with Crippen molar-refractivity contribution in [3.63, 3.8) is 0 Å². The summed E-state index contributed by atoms with van der Waals surface area (Å²) in [6.45, 7) is 7.76. The van der Waals surface area contributed by atoms with Crippen molar-refractivity contribution in [2.75, 3.05) is 12.3 Å². The maximum absolute atomic E-state index is 6.24. The number of hydrogen-bond donors (Lipinski definition) is 1.